The van der Waals surface area contributed by atoms with Gasteiger partial charge < -0.3 is 15.2 Å². The van der Waals surface area contributed by atoms with Crippen LogP contribution < -0.4 is 11.2 Å². The monoisotopic (exact) mass is 315 g/mol. The van der Waals surface area contributed by atoms with Crippen LogP contribution in [-0.4, -0.2) is 28.5 Å². The minimum Gasteiger partial charge on any atom is -0.398 e. The fraction of sp³-hybridized carbons (Fsp3) is 0.444. The van der Waals surface area contributed by atoms with Crippen molar-refractivity contribution in [1.82, 2.24) is 9.47 Å². The zero-order valence-electron chi connectivity index (χ0n) is 14.1. The number of amides is 1. The van der Waals surface area contributed by atoms with Gasteiger partial charge in [0.15, 0.2) is 0 Å². The number of fused-ring (bicyclic) bond motifs is 1. The second-order valence-electron chi connectivity index (χ2n) is 5.69. The highest BCUT2D eigenvalue weighted by Gasteiger charge is 2.21. The third kappa shape index (κ3) is 3.23. The zero-order valence-corrected chi connectivity index (χ0v) is 14.1. The molecule has 2 N–H and O–H groups in total. The second-order valence-corrected chi connectivity index (χ2v) is 5.69. The van der Waals surface area contributed by atoms with E-state index in [2.05, 4.69) is 0 Å². The van der Waals surface area contributed by atoms with Crippen molar-refractivity contribution in [2.45, 2.75) is 40.2 Å². The summed E-state index contributed by atoms with van der Waals surface area (Å²) in [5, 5.41) is 0.438. The van der Waals surface area contributed by atoms with E-state index in [0.717, 1.165) is 18.4 Å². The molecule has 0 aliphatic carbocycles. The molecule has 0 spiro atoms. The molecule has 5 heteroatoms. The molecule has 0 saturated carbocycles. The summed E-state index contributed by atoms with van der Waals surface area (Å²) in [6.07, 6.45) is 3.40. The lowest BCUT2D eigenvalue weighted by Crippen LogP contribution is -2.36. The van der Waals surface area contributed by atoms with Gasteiger partial charge in [0, 0.05) is 31.5 Å². The van der Waals surface area contributed by atoms with Crippen LogP contribution in [0.15, 0.2) is 29.2 Å². The molecule has 0 aliphatic heterocycles. The molecule has 0 radical (unpaired) electrons. The summed E-state index contributed by atoms with van der Waals surface area (Å²) in [7, 11) is 0. The van der Waals surface area contributed by atoms with Crippen molar-refractivity contribution in [1.29, 1.82) is 0 Å². The van der Waals surface area contributed by atoms with E-state index >= 15 is 0 Å². The molecule has 1 amide bonds. The van der Waals surface area contributed by atoms with Gasteiger partial charge in [-0.2, -0.15) is 0 Å². The molecule has 1 heterocycles. The first-order valence-corrected chi connectivity index (χ1v) is 8.26. The van der Waals surface area contributed by atoms with E-state index in [1.165, 1.54) is 0 Å². The number of anilines is 1. The molecule has 5 nitrogen and oxygen atoms in total. The summed E-state index contributed by atoms with van der Waals surface area (Å²) in [5.41, 5.74) is 7.13. The maximum absolute atomic E-state index is 12.8. The van der Waals surface area contributed by atoms with Crippen LogP contribution in [0.1, 0.15) is 44.0 Å². The highest BCUT2D eigenvalue weighted by atomic mass is 16.2. The number of nitrogens with zero attached hydrogens (tertiary/aromatic N) is 2. The Bertz CT molecular complexity index is 759. The van der Waals surface area contributed by atoms with Gasteiger partial charge in [-0.25, -0.2) is 0 Å². The summed E-state index contributed by atoms with van der Waals surface area (Å²) < 4.78 is 1.91. The molecule has 0 unspecified atom stereocenters. The maximum atomic E-state index is 12.8. The summed E-state index contributed by atoms with van der Waals surface area (Å²) in [6.45, 7) is 8.01. The van der Waals surface area contributed by atoms with Crippen LogP contribution in [0.5, 0.6) is 0 Å². The highest BCUT2D eigenvalue weighted by Crippen LogP contribution is 2.19. The molecule has 0 saturated heterocycles. The molecule has 2 rings (SSSR count). The second kappa shape index (κ2) is 7.31. The first-order valence-electron chi connectivity index (χ1n) is 8.26. The Morgan fingerprint density at radius 3 is 2.39 bits per heavy atom. The van der Waals surface area contributed by atoms with Gasteiger partial charge in [0.25, 0.3) is 5.91 Å². The molecule has 0 fully saturated rings. The van der Waals surface area contributed by atoms with E-state index in [0.29, 0.717) is 30.7 Å². The Hall–Kier alpha value is -2.30. The standard InChI is InChI=1S/C18H25N3O2/c1-4-10-21(11-5-2)18(23)13-12-20(6-3)15-9-7-8-14(19)16(15)17(13)22/h7-9,12H,4-6,10-11,19H2,1-3H3. The van der Waals surface area contributed by atoms with Gasteiger partial charge in [0.1, 0.15) is 5.56 Å². The number of carbonyl (C=O) groups excluding carboxylic acids is 1. The van der Waals surface area contributed by atoms with Gasteiger partial charge in [-0.05, 0) is 31.9 Å². The largest absolute Gasteiger partial charge is 0.398 e. The lowest BCUT2D eigenvalue weighted by molar-refractivity contribution is 0.0753. The first kappa shape index (κ1) is 17.1. The Labute approximate surface area is 136 Å². The normalized spacial score (nSPS) is 10.9. The number of nitrogen functional groups attached to an aromatic ring is 1. The van der Waals surface area contributed by atoms with Crippen LogP contribution in [0.25, 0.3) is 10.9 Å². The van der Waals surface area contributed by atoms with Crippen molar-refractivity contribution in [3.8, 4) is 0 Å². The number of hydrogen-bond acceptors (Lipinski definition) is 3. The van der Waals surface area contributed by atoms with Crippen molar-refractivity contribution in [2.75, 3.05) is 18.8 Å². The molecular weight excluding hydrogens is 290 g/mol. The Balaban J connectivity index is 2.65. The number of aryl methyl sites for hydroxylation is 1. The van der Waals surface area contributed by atoms with Crippen LogP contribution in [0.3, 0.4) is 0 Å². The molecule has 0 aliphatic rings. The van der Waals surface area contributed by atoms with Gasteiger partial charge in [0.05, 0.1) is 10.9 Å². The topological polar surface area (TPSA) is 68.3 Å². The Morgan fingerprint density at radius 2 is 1.83 bits per heavy atom. The van der Waals surface area contributed by atoms with E-state index in [-0.39, 0.29) is 16.9 Å². The smallest absolute Gasteiger partial charge is 0.259 e. The summed E-state index contributed by atoms with van der Waals surface area (Å²) in [4.78, 5) is 27.4. The molecule has 124 valence electrons. The van der Waals surface area contributed by atoms with Crippen LogP contribution in [0, 0.1) is 0 Å². The predicted octanol–water partition coefficient (Wildman–Crippen LogP) is 2.87. The maximum Gasteiger partial charge on any atom is 0.259 e. The van der Waals surface area contributed by atoms with E-state index in [4.69, 9.17) is 5.73 Å². The Morgan fingerprint density at radius 1 is 1.17 bits per heavy atom. The minimum atomic E-state index is -0.273. The number of nitrogens with two attached hydrogens (primary N) is 1. The fourth-order valence-corrected chi connectivity index (χ4v) is 2.90. The van der Waals surface area contributed by atoms with E-state index < -0.39 is 0 Å². The van der Waals surface area contributed by atoms with Gasteiger partial charge in [-0.1, -0.05) is 19.9 Å². The summed E-state index contributed by atoms with van der Waals surface area (Å²) in [5.74, 6) is -0.203. The highest BCUT2D eigenvalue weighted by molar-refractivity contribution is 6.00. The fourth-order valence-electron chi connectivity index (χ4n) is 2.90. The van der Waals surface area contributed by atoms with Gasteiger partial charge in [-0.15, -0.1) is 0 Å². The van der Waals surface area contributed by atoms with E-state index in [9.17, 15) is 9.59 Å². The SMILES string of the molecule is CCCN(CCC)C(=O)c1cn(CC)c2cccc(N)c2c1=O. The number of aromatic nitrogens is 1. The minimum absolute atomic E-state index is 0.203. The number of rotatable bonds is 6. The van der Waals surface area contributed by atoms with Crippen molar-refractivity contribution in [2.24, 2.45) is 0 Å². The van der Waals surface area contributed by atoms with Crippen LogP contribution in [0.2, 0.25) is 0 Å². The van der Waals surface area contributed by atoms with E-state index in [1.54, 1.807) is 17.2 Å². The van der Waals surface area contributed by atoms with Crippen molar-refractivity contribution >= 4 is 22.5 Å². The number of carbonyl (C=O) groups is 1. The lowest BCUT2D eigenvalue weighted by atomic mass is 10.1. The van der Waals surface area contributed by atoms with Crippen molar-refractivity contribution in [3.63, 3.8) is 0 Å². The predicted molar refractivity (Wildman–Crippen MR) is 94.8 cm³/mol. The molecule has 1 aromatic heterocycles. The molecular formula is C18H25N3O2. The van der Waals surface area contributed by atoms with Gasteiger partial charge >= 0.3 is 0 Å². The average Bonchev–Trinajstić information content (AvgIpc) is 2.54. The van der Waals surface area contributed by atoms with Crippen molar-refractivity contribution in [3.05, 3.63) is 40.2 Å². The Kier molecular flexibility index (Phi) is 5.42. The molecule has 0 atom stereocenters. The zero-order chi connectivity index (χ0) is 17.0. The van der Waals surface area contributed by atoms with Gasteiger partial charge in [-0.3, -0.25) is 9.59 Å². The number of pyridine rings is 1. The van der Waals surface area contributed by atoms with Crippen LogP contribution >= 0.6 is 0 Å². The molecule has 2 aromatic rings. The summed E-state index contributed by atoms with van der Waals surface area (Å²) in [6, 6.07) is 5.39. The third-order valence-electron chi connectivity index (χ3n) is 3.99. The summed E-state index contributed by atoms with van der Waals surface area (Å²) >= 11 is 0. The van der Waals surface area contributed by atoms with Crippen LogP contribution in [0.4, 0.5) is 5.69 Å². The third-order valence-corrected chi connectivity index (χ3v) is 3.99. The molecule has 0 bridgehead atoms. The van der Waals surface area contributed by atoms with Gasteiger partial charge in [0.2, 0.25) is 5.43 Å². The average molecular weight is 315 g/mol. The number of benzene rings is 1. The molecule has 1 aromatic carbocycles. The quantitative estimate of drug-likeness (QED) is 0.833. The lowest BCUT2D eigenvalue weighted by Gasteiger charge is -2.22. The van der Waals surface area contributed by atoms with E-state index in [1.807, 2.05) is 37.5 Å². The molecule has 23 heavy (non-hydrogen) atoms. The first-order chi connectivity index (χ1) is 11.0. The number of hydrogen-bond donors (Lipinski definition) is 1. The van der Waals surface area contributed by atoms with Crippen LogP contribution in [-0.2, 0) is 6.54 Å². The van der Waals surface area contributed by atoms with Crippen molar-refractivity contribution < 1.29 is 4.79 Å².